The maximum Gasteiger partial charge on any atom is 0.327 e. The molecule has 0 spiro atoms. The number of halogens is 6. The number of nitrogens with one attached hydrogen (secondary N) is 3. The fourth-order valence-electron chi connectivity index (χ4n) is 4.38. The van der Waals surface area contributed by atoms with E-state index in [0.29, 0.717) is 5.01 Å². The van der Waals surface area contributed by atoms with Gasteiger partial charge in [0.25, 0.3) is 17.7 Å². The van der Waals surface area contributed by atoms with Crippen molar-refractivity contribution in [3.05, 3.63) is 93.8 Å². The second-order valence-electron chi connectivity index (χ2n) is 11.8. The van der Waals surface area contributed by atoms with Crippen LogP contribution in [0.3, 0.4) is 0 Å². The highest BCUT2D eigenvalue weighted by Gasteiger charge is 2.37. The van der Waals surface area contributed by atoms with Crippen molar-refractivity contribution in [2.24, 2.45) is 5.41 Å². The molecule has 2 atom stereocenters. The fourth-order valence-corrected chi connectivity index (χ4v) is 4.56. The van der Waals surface area contributed by atoms with Crippen LogP contribution in [-0.4, -0.2) is 60.4 Å². The normalized spacial score (nSPS) is 12.3. The first kappa shape index (κ1) is 40.0. The number of amides is 4. The molecule has 0 aliphatic rings. The van der Waals surface area contributed by atoms with E-state index >= 15 is 0 Å². The molecule has 3 aromatic carbocycles. The molecule has 274 valence electrons. The zero-order valence-corrected chi connectivity index (χ0v) is 28.3. The molecule has 51 heavy (non-hydrogen) atoms. The smallest absolute Gasteiger partial charge is 0.327 e. The lowest BCUT2D eigenvalue weighted by Crippen LogP contribution is -2.57. The van der Waals surface area contributed by atoms with Crippen LogP contribution in [0.25, 0.3) is 0 Å². The summed E-state index contributed by atoms with van der Waals surface area (Å²) in [6.45, 7) is 3.72. The Kier molecular flexibility index (Phi) is 13.3. The third-order valence-electron chi connectivity index (χ3n) is 7.00. The average molecular weight is 742 g/mol. The first-order valence-electron chi connectivity index (χ1n) is 15.0. The van der Waals surface area contributed by atoms with E-state index in [4.69, 9.17) is 22.1 Å². The Morgan fingerprint density at radius 2 is 1.45 bits per heavy atom. The number of anilines is 1. The molecule has 3 aromatic rings. The summed E-state index contributed by atoms with van der Waals surface area (Å²) < 4.78 is 78.5. The largest absolute Gasteiger partial charge is 0.477 e. The van der Waals surface area contributed by atoms with E-state index < -0.39 is 95.1 Å². The number of nitrogens with zero attached hydrogens (tertiary/aromatic N) is 1. The van der Waals surface area contributed by atoms with Gasteiger partial charge in [-0.3, -0.25) is 29.4 Å². The molecule has 0 fully saturated rings. The zero-order chi connectivity index (χ0) is 38.2. The van der Waals surface area contributed by atoms with E-state index in [0.717, 1.165) is 0 Å². The van der Waals surface area contributed by atoms with Gasteiger partial charge in [0.15, 0.2) is 12.4 Å². The lowest BCUT2D eigenvalue weighted by Gasteiger charge is -2.32. The molecule has 12 nitrogen and oxygen atoms in total. The number of hydrogen-bond acceptors (Lipinski definition) is 8. The minimum Gasteiger partial charge on any atom is -0.477 e. The van der Waals surface area contributed by atoms with Gasteiger partial charge < -0.3 is 25.8 Å². The number of rotatable bonds is 12. The number of carbonyl (C=O) groups excluding carboxylic acids is 5. The number of nitrogens with two attached hydrogens (primary N) is 1. The van der Waals surface area contributed by atoms with Gasteiger partial charge >= 0.3 is 5.97 Å². The summed E-state index contributed by atoms with van der Waals surface area (Å²) in [7, 11) is 0. The number of nitrogen functional groups attached to an aromatic ring is 1. The molecule has 0 bridgehead atoms. The Labute approximate surface area is 293 Å². The molecule has 0 aliphatic heterocycles. The molecule has 4 amide bonds. The van der Waals surface area contributed by atoms with E-state index in [1.165, 1.54) is 49.4 Å². The average Bonchev–Trinajstić information content (AvgIpc) is 3.08. The van der Waals surface area contributed by atoms with Crippen molar-refractivity contribution in [1.82, 2.24) is 21.1 Å². The standard InChI is InChI=1S/C33H33ClF5N5O7/c1-5-50-21(46)14-44(20(45)15-51-28-25(38)23(36)22(35)24(37)26(28)39)43-31(48)27(16-9-7-6-8-10-16)41-32(49)29(33(2,3)4)42-30(47)17-11-12-19(40)18(34)13-17/h6-13,27,29H,5,14-15,40H2,1-4H3,(H,41,49)(H,42,47)(H,43,48)/t27-,29+/m0/s1. The third-order valence-corrected chi connectivity index (χ3v) is 7.32. The molecule has 0 aliphatic carbocycles. The Balaban J connectivity index is 1.91. The third kappa shape index (κ3) is 10.1. The molecular weight excluding hydrogens is 709 g/mol. The number of ether oxygens (including phenoxy) is 2. The van der Waals surface area contributed by atoms with Crippen LogP contribution >= 0.6 is 11.6 Å². The molecule has 3 rings (SSSR count). The summed E-state index contributed by atoms with van der Waals surface area (Å²) in [5.41, 5.74) is 7.32. The van der Waals surface area contributed by atoms with Gasteiger partial charge in [-0.2, -0.15) is 8.78 Å². The van der Waals surface area contributed by atoms with E-state index in [-0.39, 0.29) is 28.4 Å². The monoisotopic (exact) mass is 741 g/mol. The lowest BCUT2D eigenvalue weighted by molar-refractivity contribution is -0.154. The summed E-state index contributed by atoms with van der Waals surface area (Å²) in [4.78, 5) is 66.0. The van der Waals surface area contributed by atoms with Gasteiger partial charge in [0.1, 0.15) is 18.6 Å². The maximum atomic E-state index is 14.2. The minimum atomic E-state index is -2.46. The molecule has 0 saturated heterocycles. The van der Waals surface area contributed by atoms with Crippen LogP contribution in [0.1, 0.15) is 49.7 Å². The zero-order valence-electron chi connectivity index (χ0n) is 27.5. The van der Waals surface area contributed by atoms with Crippen molar-refractivity contribution < 1.29 is 55.4 Å². The molecule has 0 radical (unpaired) electrons. The topological polar surface area (TPSA) is 169 Å². The van der Waals surface area contributed by atoms with E-state index in [2.05, 4.69) is 20.8 Å². The van der Waals surface area contributed by atoms with Crippen molar-refractivity contribution in [2.75, 3.05) is 25.5 Å². The molecule has 0 heterocycles. The number of esters is 1. The van der Waals surface area contributed by atoms with Gasteiger partial charge in [0.05, 0.1) is 17.3 Å². The quantitative estimate of drug-likeness (QED) is 0.0537. The SMILES string of the molecule is CCOC(=O)CN(NC(=O)[C@@H](NC(=O)[C@@H](NC(=O)c1ccc(N)c(Cl)c1)C(C)(C)C)c1ccccc1)C(=O)COc1c(F)c(F)c(F)c(F)c1F. The van der Waals surface area contributed by atoms with E-state index in [1.807, 2.05) is 0 Å². The van der Waals surface area contributed by atoms with Crippen LogP contribution in [0, 0.1) is 34.5 Å². The second-order valence-corrected chi connectivity index (χ2v) is 12.2. The highest BCUT2D eigenvalue weighted by molar-refractivity contribution is 6.33. The van der Waals surface area contributed by atoms with Gasteiger partial charge in [0, 0.05) is 5.56 Å². The summed E-state index contributed by atoms with van der Waals surface area (Å²) in [5, 5.41) is 5.52. The first-order valence-corrected chi connectivity index (χ1v) is 15.4. The Morgan fingerprint density at radius 3 is 2.00 bits per heavy atom. The number of benzene rings is 3. The Bertz CT molecular complexity index is 1780. The number of hydrazine groups is 1. The minimum absolute atomic E-state index is 0.0785. The highest BCUT2D eigenvalue weighted by atomic mass is 35.5. The number of hydrogen-bond donors (Lipinski definition) is 4. The lowest BCUT2D eigenvalue weighted by atomic mass is 9.85. The summed E-state index contributed by atoms with van der Waals surface area (Å²) in [6.07, 6.45) is 0. The molecule has 0 saturated carbocycles. The van der Waals surface area contributed by atoms with Gasteiger partial charge in [0.2, 0.25) is 35.0 Å². The summed E-state index contributed by atoms with van der Waals surface area (Å²) in [5.74, 6) is -18.8. The first-order chi connectivity index (χ1) is 23.9. The van der Waals surface area contributed by atoms with Crippen LogP contribution < -0.4 is 26.5 Å². The predicted octanol–water partition coefficient (Wildman–Crippen LogP) is 4.12. The second kappa shape index (κ2) is 17.0. The molecular formula is C33H33ClF5N5O7. The number of carbonyl (C=O) groups is 5. The molecule has 18 heteroatoms. The van der Waals surface area contributed by atoms with E-state index in [9.17, 15) is 45.9 Å². The summed E-state index contributed by atoms with van der Waals surface area (Å²) in [6, 6.07) is 8.72. The van der Waals surface area contributed by atoms with Gasteiger partial charge in [-0.1, -0.05) is 62.7 Å². The maximum absolute atomic E-state index is 14.2. The molecule has 5 N–H and O–H groups in total. The molecule has 0 unspecified atom stereocenters. The molecule has 0 aromatic heterocycles. The van der Waals surface area contributed by atoms with Crippen LogP contribution in [0.2, 0.25) is 5.02 Å². The van der Waals surface area contributed by atoms with Crippen LogP contribution in [-0.2, 0) is 23.9 Å². The van der Waals surface area contributed by atoms with Gasteiger partial charge in [-0.15, -0.1) is 0 Å². The summed E-state index contributed by atoms with van der Waals surface area (Å²) >= 11 is 6.04. The van der Waals surface area contributed by atoms with Crippen molar-refractivity contribution in [2.45, 2.75) is 39.8 Å². The van der Waals surface area contributed by atoms with Gasteiger partial charge in [-0.05, 0) is 36.1 Å². The van der Waals surface area contributed by atoms with E-state index in [1.54, 1.807) is 26.8 Å². The van der Waals surface area contributed by atoms with Gasteiger partial charge in [-0.25, -0.2) is 18.2 Å². The Hall–Kier alpha value is -5.45. The van der Waals surface area contributed by atoms with Crippen molar-refractivity contribution in [3.8, 4) is 5.75 Å². The Morgan fingerprint density at radius 1 is 0.863 bits per heavy atom. The van der Waals surface area contributed by atoms with Crippen LogP contribution in [0.5, 0.6) is 5.75 Å². The fraction of sp³-hybridized carbons (Fsp3) is 0.303. The van der Waals surface area contributed by atoms with Crippen molar-refractivity contribution in [3.63, 3.8) is 0 Å². The van der Waals surface area contributed by atoms with Crippen molar-refractivity contribution in [1.29, 1.82) is 0 Å². The predicted molar refractivity (Wildman–Crippen MR) is 172 cm³/mol. The van der Waals surface area contributed by atoms with Crippen molar-refractivity contribution >= 4 is 46.9 Å². The van der Waals surface area contributed by atoms with Crippen LogP contribution in [0.15, 0.2) is 48.5 Å². The van der Waals surface area contributed by atoms with Crippen LogP contribution in [0.4, 0.5) is 27.6 Å². The highest BCUT2D eigenvalue weighted by Crippen LogP contribution is 2.29.